The van der Waals surface area contributed by atoms with E-state index in [1.165, 1.54) is 50.4 Å². The summed E-state index contributed by atoms with van der Waals surface area (Å²) in [5.74, 6) is 0.705. The second kappa shape index (κ2) is 5.46. The SMILES string of the molecule is CC1CN(C2CCCC/C2=C/c2cccc(F)c2)C1. The van der Waals surface area contributed by atoms with Gasteiger partial charge in [-0.15, -0.1) is 0 Å². The first-order chi connectivity index (χ1) is 9.22. The van der Waals surface area contributed by atoms with Gasteiger partial charge in [-0.3, -0.25) is 4.90 Å². The summed E-state index contributed by atoms with van der Waals surface area (Å²) < 4.78 is 13.3. The van der Waals surface area contributed by atoms with Crippen LogP contribution in [0.5, 0.6) is 0 Å². The molecule has 0 bridgehead atoms. The summed E-state index contributed by atoms with van der Waals surface area (Å²) in [5.41, 5.74) is 2.51. The first-order valence-corrected chi connectivity index (χ1v) is 7.42. The van der Waals surface area contributed by atoms with E-state index < -0.39 is 0 Å². The monoisotopic (exact) mass is 259 g/mol. The van der Waals surface area contributed by atoms with E-state index in [1.54, 1.807) is 12.1 Å². The van der Waals surface area contributed by atoms with Crippen LogP contribution in [0.1, 0.15) is 38.2 Å². The van der Waals surface area contributed by atoms with Crippen LogP contribution in [0.15, 0.2) is 29.8 Å². The quantitative estimate of drug-likeness (QED) is 0.772. The molecule has 0 aromatic heterocycles. The van der Waals surface area contributed by atoms with Crippen molar-refractivity contribution < 1.29 is 4.39 Å². The highest BCUT2D eigenvalue weighted by molar-refractivity contribution is 5.54. The highest BCUT2D eigenvalue weighted by atomic mass is 19.1. The molecule has 1 nitrogen and oxygen atoms in total. The fraction of sp³-hybridized carbons (Fsp3) is 0.529. The van der Waals surface area contributed by atoms with E-state index in [2.05, 4.69) is 17.9 Å². The number of likely N-dealkylation sites (tertiary alicyclic amines) is 1. The predicted molar refractivity (Wildman–Crippen MR) is 77.4 cm³/mol. The van der Waals surface area contributed by atoms with Gasteiger partial charge in [0.2, 0.25) is 0 Å². The second-order valence-electron chi connectivity index (χ2n) is 6.09. The molecule has 1 aliphatic carbocycles. The van der Waals surface area contributed by atoms with Crippen molar-refractivity contribution in [2.75, 3.05) is 13.1 Å². The number of hydrogen-bond donors (Lipinski definition) is 0. The highest BCUT2D eigenvalue weighted by Crippen LogP contribution is 2.33. The Kier molecular flexibility index (Phi) is 3.69. The third-order valence-corrected chi connectivity index (χ3v) is 4.35. The maximum Gasteiger partial charge on any atom is 0.123 e. The third kappa shape index (κ3) is 2.89. The number of rotatable bonds is 2. The van der Waals surface area contributed by atoms with Crippen LogP contribution in [0, 0.1) is 11.7 Å². The number of benzene rings is 1. The van der Waals surface area contributed by atoms with E-state index in [0.717, 1.165) is 11.5 Å². The van der Waals surface area contributed by atoms with Gasteiger partial charge in [0.25, 0.3) is 0 Å². The molecule has 1 aromatic rings. The Morgan fingerprint density at radius 3 is 2.84 bits per heavy atom. The molecular weight excluding hydrogens is 237 g/mol. The van der Waals surface area contributed by atoms with E-state index in [-0.39, 0.29) is 5.82 Å². The van der Waals surface area contributed by atoms with Crippen molar-refractivity contribution >= 4 is 6.08 Å². The molecule has 1 atom stereocenters. The lowest BCUT2D eigenvalue weighted by Crippen LogP contribution is -2.52. The molecule has 1 saturated heterocycles. The highest BCUT2D eigenvalue weighted by Gasteiger charge is 2.32. The molecule has 1 saturated carbocycles. The third-order valence-electron chi connectivity index (χ3n) is 4.35. The van der Waals surface area contributed by atoms with Crippen LogP contribution < -0.4 is 0 Å². The summed E-state index contributed by atoms with van der Waals surface area (Å²) in [7, 11) is 0. The van der Waals surface area contributed by atoms with E-state index in [1.807, 2.05) is 6.07 Å². The molecule has 2 heteroatoms. The summed E-state index contributed by atoms with van der Waals surface area (Å²) in [6.07, 6.45) is 7.27. The molecule has 3 rings (SSSR count). The van der Waals surface area contributed by atoms with Gasteiger partial charge in [0.1, 0.15) is 5.82 Å². The van der Waals surface area contributed by atoms with Crippen molar-refractivity contribution in [3.05, 3.63) is 41.2 Å². The van der Waals surface area contributed by atoms with Gasteiger partial charge in [0, 0.05) is 19.1 Å². The standard InChI is InChI=1S/C17H22FN/c1-13-11-19(12-13)17-8-3-2-6-15(17)9-14-5-4-7-16(18)10-14/h4-5,7,9-10,13,17H,2-3,6,8,11-12H2,1H3/b15-9-. The minimum atomic E-state index is -0.140. The molecule has 1 unspecified atom stereocenters. The van der Waals surface area contributed by atoms with Crippen LogP contribution in [0.3, 0.4) is 0 Å². The maximum atomic E-state index is 13.3. The van der Waals surface area contributed by atoms with E-state index in [9.17, 15) is 4.39 Å². The second-order valence-corrected chi connectivity index (χ2v) is 6.09. The van der Waals surface area contributed by atoms with Crippen LogP contribution in [-0.4, -0.2) is 24.0 Å². The molecule has 0 N–H and O–H groups in total. The summed E-state index contributed by atoms with van der Waals surface area (Å²) in [6, 6.07) is 7.55. The Hall–Kier alpha value is -1.15. The first-order valence-electron chi connectivity index (χ1n) is 7.42. The van der Waals surface area contributed by atoms with Crippen LogP contribution >= 0.6 is 0 Å². The largest absolute Gasteiger partial charge is 0.296 e. The molecule has 2 aliphatic rings. The molecule has 1 aromatic carbocycles. The molecule has 0 amide bonds. The van der Waals surface area contributed by atoms with Crippen molar-refractivity contribution in [1.29, 1.82) is 0 Å². The summed E-state index contributed by atoms with van der Waals surface area (Å²) in [6.45, 7) is 4.77. The number of nitrogens with zero attached hydrogens (tertiary/aromatic N) is 1. The van der Waals surface area contributed by atoms with Crippen molar-refractivity contribution in [1.82, 2.24) is 4.90 Å². The summed E-state index contributed by atoms with van der Waals surface area (Å²) in [4.78, 5) is 2.59. The fourth-order valence-corrected chi connectivity index (χ4v) is 3.42. The van der Waals surface area contributed by atoms with Gasteiger partial charge in [-0.05, 0) is 42.9 Å². The van der Waals surface area contributed by atoms with Gasteiger partial charge < -0.3 is 0 Å². The zero-order valence-electron chi connectivity index (χ0n) is 11.6. The Balaban J connectivity index is 1.79. The summed E-state index contributed by atoms with van der Waals surface area (Å²) >= 11 is 0. The van der Waals surface area contributed by atoms with Crippen molar-refractivity contribution in [3.8, 4) is 0 Å². The van der Waals surface area contributed by atoms with Gasteiger partial charge in [0.15, 0.2) is 0 Å². The van der Waals surface area contributed by atoms with Crippen LogP contribution in [0.4, 0.5) is 4.39 Å². The first kappa shape index (κ1) is 12.9. The Morgan fingerprint density at radius 1 is 1.26 bits per heavy atom. The smallest absolute Gasteiger partial charge is 0.123 e. The van der Waals surface area contributed by atoms with Gasteiger partial charge in [-0.1, -0.05) is 37.1 Å². The molecule has 2 fully saturated rings. The van der Waals surface area contributed by atoms with Gasteiger partial charge in [0.05, 0.1) is 0 Å². The minimum absolute atomic E-state index is 0.140. The lowest BCUT2D eigenvalue weighted by molar-refractivity contribution is 0.0671. The molecule has 1 heterocycles. The Bertz CT molecular complexity index is 474. The van der Waals surface area contributed by atoms with Crippen LogP contribution in [0.25, 0.3) is 6.08 Å². The predicted octanol–water partition coefficient (Wildman–Crippen LogP) is 4.10. The molecule has 0 radical (unpaired) electrons. The average molecular weight is 259 g/mol. The Morgan fingerprint density at radius 2 is 2.11 bits per heavy atom. The fourth-order valence-electron chi connectivity index (χ4n) is 3.42. The minimum Gasteiger partial charge on any atom is -0.296 e. The van der Waals surface area contributed by atoms with Gasteiger partial charge in [-0.2, -0.15) is 0 Å². The maximum absolute atomic E-state index is 13.3. The van der Waals surface area contributed by atoms with Gasteiger partial charge >= 0.3 is 0 Å². The van der Waals surface area contributed by atoms with Crippen LogP contribution in [0.2, 0.25) is 0 Å². The van der Waals surface area contributed by atoms with Crippen molar-refractivity contribution in [2.45, 2.75) is 38.6 Å². The van der Waals surface area contributed by atoms with E-state index in [4.69, 9.17) is 0 Å². The molecule has 0 spiro atoms. The van der Waals surface area contributed by atoms with Crippen molar-refractivity contribution in [2.24, 2.45) is 5.92 Å². The summed E-state index contributed by atoms with van der Waals surface area (Å²) in [5, 5.41) is 0. The van der Waals surface area contributed by atoms with Gasteiger partial charge in [-0.25, -0.2) is 4.39 Å². The van der Waals surface area contributed by atoms with E-state index >= 15 is 0 Å². The number of halogens is 1. The topological polar surface area (TPSA) is 3.24 Å². The van der Waals surface area contributed by atoms with Crippen LogP contribution in [-0.2, 0) is 0 Å². The lowest BCUT2D eigenvalue weighted by atomic mass is 9.84. The zero-order chi connectivity index (χ0) is 13.2. The molecule has 1 aliphatic heterocycles. The molecule has 102 valence electrons. The lowest BCUT2D eigenvalue weighted by Gasteiger charge is -2.45. The normalized spacial score (nSPS) is 27.5. The molecule has 19 heavy (non-hydrogen) atoms. The number of hydrogen-bond acceptors (Lipinski definition) is 1. The average Bonchev–Trinajstić information content (AvgIpc) is 2.36. The Labute approximate surface area is 115 Å². The zero-order valence-corrected chi connectivity index (χ0v) is 11.6. The molecular formula is C17H22FN. The van der Waals surface area contributed by atoms with Crippen molar-refractivity contribution in [3.63, 3.8) is 0 Å². The van der Waals surface area contributed by atoms with E-state index in [0.29, 0.717) is 6.04 Å².